The summed E-state index contributed by atoms with van der Waals surface area (Å²) in [4.78, 5) is 10.5. The lowest BCUT2D eigenvalue weighted by molar-refractivity contribution is 0.840. The molecule has 0 aliphatic rings. The highest BCUT2D eigenvalue weighted by Crippen LogP contribution is 2.15. The second kappa shape index (κ2) is 4.82. The molecule has 4 nitrogen and oxygen atoms in total. The van der Waals surface area contributed by atoms with Crippen molar-refractivity contribution in [3.8, 4) is 0 Å². The number of hydrogen-bond donors (Lipinski definition) is 1. The third kappa shape index (κ3) is 2.93. The topological polar surface area (TPSA) is 55.0 Å². The van der Waals surface area contributed by atoms with Crippen LogP contribution < -0.4 is 10.6 Å². The second-order valence-corrected chi connectivity index (χ2v) is 4.09. The average Bonchev–Trinajstić information content (AvgIpc) is 2.29. The molecular formula is C13H16N4. The Balaban J connectivity index is 2.14. The monoisotopic (exact) mass is 228 g/mol. The number of benzene rings is 1. The van der Waals surface area contributed by atoms with Gasteiger partial charge in [0.25, 0.3) is 0 Å². The first-order chi connectivity index (χ1) is 8.15. The number of aryl methyl sites for hydroxylation is 1. The molecule has 17 heavy (non-hydrogen) atoms. The van der Waals surface area contributed by atoms with Crippen LogP contribution in [0.4, 0.5) is 11.5 Å². The minimum absolute atomic E-state index is 0.507. The Hall–Kier alpha value is -2.10. The molecule has 2 N–H and O–H groups in total. The zero-order valence-electron chi connectivity index (χ0n) is 10.1. The van der Waals surface area contributed by atoms with Gasteiger partial charge in [0.05, 0.1) is 6.54 Å². The lowest BCUT2D eigenvalue weighted by Crippen LogP contribution is -2.18. The molecule has 0 bridgehead atoms. The maximum atomic E-state index is 5.63. The molecule has 1 aromatic heterocycles. The number of hydrogen-bond acceptors (Lipinski definition) is 4. The Labute approximate surface area is 101 Å². The number of rotatable bonds is 3. The first-order valence-electron chi connectivity index (χ1n) is 5.50. The molecule has 0 radical (unpaired) electrons. The van der Waals surface area contributed by atoms with Crippen LogP contribution in [0.5, 0.6) is 0 Å². The maximum Gasteiger partial charge on any atom is 0.149 e. The molecule has 0 atom stereocenters. The van der Waals surface area contributed by atoms with E-state index in [9.17, 15) is 0 Å². The van der Waals surface area contributed by atoms with Crippen LogP contribution in [0, 0.1) is 6.92 Å². The number of nitrogens with zero attached hydrogens (tertiary/aromatic N) is 3. The molecule has 0 amide bonds. The van der Waals surface area contributed by atoms with E-state index in [4.69, 9.17) is 5.73 Å². The summed E-state index contributed by atoms with van der Waals surface area (Å²) in [5.74, 6) is 1.24. The van der Waals surface area contributed by atoms with Gasteiger partial charge in [-0.25, -0.2) is 9.97 Å². The van der Waals surface area contributed by atoms with Gasteiger partial charge in [0.2, 0.25) is 0 Å². The van der Waals surface area contributed by atoms with Crippen LogP contribution in [-0.4, -0.2) is 17.0 Å². The molecule has 1 aromatic carbocycles. The molecule has 4 heteroatoms. The maximum absolute atomic E-state index is 5.63. The summed E-state index contributed by atoms with van der Waals surface area (Å²) in [6.45, 7) is 2.73. The normalized spacial score (nSPS) is 10.2. The Morgan fingerprint density at radius 1 is 1.29 bits per heavy atom. The Morgan fingerprint density at radius 2 is 2.12 bits per heavy atom. The highest BCUT2D eigenvalue weighted by molar-refractivity contribution is 5.47. The predicted molar refractivity (Wildman–Crippen MR) is 69.7 cm³/mol. The molecule has 2 rings (SSSR count). The van der Waals surface area contributed by atoms with Crippen LogP contribution >= 0.6 is 0 Å². The van der Waals surface area contributed by atoms with E-state index in [1.54, 1.807) is 12.3 Å². The van der Waals surface area contributed by atoms with Gasteiger partial charge in [-0.2, -0.15) is 0 Å². The van der Waals surface area contributed by atoms with Crippen LogP contribution in [0.15, 0.2) is 36.5 Å². The summed E-state index contributed by atoms with van der Waals surface area (Å²) in [5.41, 5.74) is 8.02. The summed E-state index contributed by atoms with van der Waals surface area (Å²) >= 11 is 0. The van der Waals surface area contributed by atoms with Crippen molar-refractivity contribution in [3.63, 3.8) is 0 Å². The van der Waals surface area contributed by atoms with Gasteiger partial charge in [0.1, 0.15) is 11.6 Å². The van der Waals surface area contributed by atoms with E-state index in [2.05, 4.69) is 40.0 Å². The minimum atomic E-state index is 0.507. The van der Waals surface area contributed by atoms with Crippen LogP contribution in [0.25, 0.3) is 0 Å². The Bertz CT molecular complexity index is 510. The largest absolute Gasteiger partial charge is 0.384 e. The fraction of sp³-hybridized carbons (Fsp3) is 0.231. The van der Waals surface area contributed by atoms with Crippen LogP contribution in [-0.2, 0) is 6.54 Å². The van der Waals surface area contributed by atoms with Crippen molar-refractivity contribution in [1.29, 1.82) is 0 Å². The summed E-state index contributed by atoms with van der Waals surface area (Å²) in [7, 11) is 2.02. The van der Waals surface area contributed by atoms with Gasteiger partial charge in [-0.05, 0) is 30.7 Å². The SMILES string of the molecule is Cc1cccc(N(C)Cc2nccc(N)n2)c1. The van der Waals surface area contributed by atoms with Crippen LogP contribution in [0.2, 0.25) is 0 Å². The van der Waals surface area contributed by atoms with Gasteiger partial charge in [-0.15, -0.1) is 0 Å². The van der Waals surface area contributed by atoms with Gasteiger partial charge in [-0.1, -0.05) is 12.1 Å². The molecule has 0 aliphatic carbocycles. The van der Waals surface area contributed by atoms with E-state index < -0.39 is 0 Å². The number of nitrogens with two attached hydrogens (primary N) is 1. The van der Waals surface area contributed by atoms with Crippen molar-refractivity contribution < 1.29 is 0 Å². The van der Waals surface area contributed by atoms with E-state index in [1.807, 2.05) is 13.1 Å². The lowest BCUT2D eigenvalue weighted by atomic mass is 10.2. The fourth-order valence-electron chi connectivity index (χ4n) is 1.66. The summed E-state index contributed by atoms with van der Waals surface area (Å²) < 4.78 is 0. The zero-order chi connectivity index (χ0) is 12.3. The first kappa shape index (κ1) is 11.4. The van der Waals surface area contributed by atoms with Crippen molar-refractivity contribution in [1.82, 2.24) is 9.97 Å². The smallest absolute Gasteiger partial charge is 0.149 e. The second-order valence-electron chi connectivity index (χ2n) is 4.09. The van der Waals surface area contributed by atoms with Gasteiger partial charge >= 0.3 is 0 Å². The summed E-state index contributed by atoms with van der Waals surface area (Å²) in [5, 5.41) is 0. The Kier molecular flexibility index (Phi) is 3.23. The number of aromatic nitrogens is 2. The van der Waals surface area contributed by atoms with E-state index in [-0.39, 0.29) is 0 Å². The van der Waals surface area contributed by atoms with Gasteiger partial charge in [0, 0.05) is 18.9 Å². The van der Waals surface area contributed by atoms with E-state index in [0.717, 1.165) is 11.5 Å². The zero-order valence-corrected chi connectivity index (χ0v) is 10.1. The van der Waals surface area contributed by atoms with Gasteiger partial charge in [0.15, 0.2) is 0 Å². The first-order valence-corrected chi connectivity index (χ1v) is 5.50. The third-order valence-electron chi connectivity index (χ3n) is 2.55. The van der Waals surface area contributed by atoms with Crippen molar-refractivity contribution in [3.05, 3.63) is 47.9 Å². The highest BCUT2D eigenvalue weighted by Gasteiger charge is 2.04. The molecule has 0 unspecified atom stereocenters. The third-order valence-corrected chi connectivity index (χ3v) is 2.55. The van der Waals surface area contributed by atoms with Crippen LogP contribution in [0.3, 0.4) is 0 Å². The van der Waals surface area contributed by atoms with Crippen molar-refractivity contribution in [2.45, 2.75) is 13.5 Å². The predicted octanol–water partition coefficient (Wildman–Crippen LogP) is 2.00. The molecular weight excluding hydrogens is 212 g/mol. The van der Waals surface area contributed by atoms with Gasteiger partial charge < -0.3 is 10.6 Å². The fourth-order valence-corrected chi connectivity index (χ4v) is 1.66. The summed E-state index contributed by atoms with van der Waals surface area (Å²) in [6, 6.07) is 10.0. The van der Waals surface area contributed by atoms with E-state index >= 15 is 0 Å². The molecule has 88 valence electrons. The quantitative estimate of drug-likeness (QED) is 0.873. The van der Waals surface area contributed by atoms with E-state index in [0.29, 0.717) is 12.4 Å². The summed E-state index contributed by atoms with van der Waals surface area (Å²) in [6.07, 6.45) is 1.68. The molecule has 0 saturated heterocycles. The Morgan fingerprint density at radius 3 is 2.82 bits per heavy atom. The van der Waals surface area contributed by atoms with Crippen molar-refractivity contribution >= 4 is 11.5 Å². The van der Waals surface area contributed by atoms with Gasteiger partial charge in [-0.3, -0.25) is 0 Å². The molecule has 0 aliphatic heterocycles. The minimum Gasteiger partial charge on any atom is -0.384 e. The molecule has 1 heterocycles. The highest BCUT2D eigenvalue weighted by atomic mass is 15.1. The molecule has 0 spiro atoms. The standard InChI is InChI=1S/C13H16N4/c1-10-4-3-5-11(8-10)17(2)9-13-15-7-6-12(14)16-13/h3-8H,9H2,1-2H3,(H2,14,15,16). The van der Waals surface area contributed by atoms with E-state index in [1.165, 1.54) is 5.56 Å². The van der Waals surface area contributed by atoms with Crippen molar-refractivity contribution in [2.24, 2.45) is 0 Å². The number of nitrogen functional groups attached to an aromatic ring is 1. The lowest BCUT2D eigenvalue weighted by Gasteiger charge is -2.18. The molecule has 0 fully saturated rings. The average molecular weight is 228 g/mol. The number of anilines is 2. The van der Waals surface area contributed by atoms with Crippen molar-refractivity contribution in [2.75, 3.05) is 17.7 Å². The molecule has 2 aromatic rings. The molecule has 0 saturated carbocycles. The van der Waals surface area contributed by atoms with Crippen LogP contribution in [0.1, 0.15) is 11.4 Å².